The summed E-state index contributed by atoms with van der Waals surface area (Å²) in [5, 5.41) is 2.93. The normalized spacial score (nSPS) is 9.42. The van der Waals surface area contributed by atoms with Crippen molar-refractivity contribution >= 4 is 33.2 Å². The van der Waals surface area contributed by atoms with Gasteiger partial charge in [-0.25, -0.2) is 0 Å². The molecule has 4 heteroatoms. The van der Waals surface area contributed by atoms with Crippen molar-refractivity contribution in [3.05, 3.63) is 24.3 Å². The first-order valence-electron chi connectivity index (χ1n) is 3.44. The van der Waals surface area contributed by atoms with Crippen LogP contribution in [0.4, 0.5) is 11.4 Å². The van der Waals surface area contributed by atoms with Gasteiger partial charge in [0, 0.05) is 0 Å². The zero-order chi connectivity index (χ0) is 8.97. The van der Waals surface area contributed by atoms with Gasteiger partial charge in [-0.15, -0.1) is 0 Å². The van der Waals surface area contributed by atoms with Crippen LogP contribution in [-0.4, -0.2) is 11.2 Å². The smallest absolute Gasteiger partial charge is 0.235 e. The van der Waals surface area contributed by atoms with Crippen LogP contribution in [0, 0.1) is 0 Å². The molecule has 0 bridgehead atoms. The average Bonchev–Trinajstić information content (AvgIpc) is 2.09. The molecule has 1 rings (SSSR count). The van der Waals surface area contributed by atoms with E-state index in [2.05, 4.69) is 21.2 Å². The minimum atomic E-state index is -0.104. The van der Waals surface area contributed by atoms with Crippen LogP contribution in [0.5, 0.6) is 0 Å². The van der Waals surface area contributed by atoms with E-state index in [-0.39, 0.29) is 11.2 Å². The number of hydrogen-bond acceptors (Lipinski definition) is 2. The second-order valence-corrected chi connectivity index (χ2v) is 2.83. The highest BCUT2D eigenvalue weighted by atomic mass is 79.9. The van der Waals surface area contributed by atoms with E-state index in [1.165, 1.54) is 0 Å². The molecule has 0 aliphatic heterocycles. The third-order valence-corrected chi connectivity index (χ3v) is 1.87. The van der Waals surface area contributed by atoms with Crippen molar-refractivity contribution in [2.45, 2.75) is 0 Å². The molecule has 0 aliphatic carbocycles. The van der Waals surface area contributed by atoms with Gasteiger partial charge in [0.05, 0.1) is 16.7 Å². The van der Waals surface area contributed by atoms with Gasteiger partial charge in [-0.05, 0) is 12.1 Å². The van der Waals surface area contributed by atoms with E-state index in [0.29, 0.717) is 11.4 Å². The third kappa shape index (κ3) is 2.23. The number of carbonyl (C=O) groups is 1. The molecule has 0 aromatic heterocycles. The van der Waals surface area contributed by atoms with Crippen LogP contribution in [0.1, 0.15) is 0 Å². The lowest BCUT2D eigenvalue weighted by Crippen LogP contribution is -2.13. The molecule has 64 valence electrons. The summed E-state index contributed by atoms with van der Waals surface area (Å²) in [5.41, 5.74) is 6.82. The minimum Gasteiger partial charge on any atom is -0.397 e. The highest BCUT2D eigenvalue weighted by molar-refractivity contribution is 9.09. The molecular weight excluding hydrogens is 220 g/mol. The number of anilines is 2. The summed E-state index contributed by atoms with van der Waals surface area (Å²) in [4.78, 5) is 10.9. The lowest BCUT2D eigenvalue weighted by molar-refractivity contribution is -0.113. The summed E-state index contributed by atoms with van der Waals surface area (Å²) < 4.78 is 0. The summed E-state index contributed by atoms with van der Waals surface area (Å²) >= 11 is 3.04. The molecule has 0 spiro atoms. The molecule has 1 aromatic rings. The van der Waals surface area contributed by atoms with Gasteiger partial charge in [0.15, 0.2) is 0 Å². The Labute approximate surface area is 79.1 Å². The zero-order valence-corrected chi connectivity index (χ0v) is 7.97. The Balaban J connectivity index is 2.75. The van der Waals surface area contributed by atoms with Crippen LogP contribution in [0.15, 0.2) is 24.3 Å². The number of hydrogen-bond donors (Lipinski definition) is 2. The Bertz CT molecular complexity index is 288. The lowest BCUT2D eigenvalue weighted by Gasteiger charge is -2.04. The largest absolute Gasteiger partial charge is 0.397 e. The molecule has 3 nitrogen and oxygen atoms in total. The van der Waals surface area contributed by atoms with E-state index < -0.39 is 0 Å². The van der Waals surface area contributed by atoms with Gasteiger partial charge in [0.25, 0.3) is 0 Å². The maximum atomic E-state index is 10.9. The molecule has 0 saturated heterocycles. The van der Waals surface area contributed by atoms with E-state index >= 15 is 0 Å². The fourth-order valence-corrected chi connectivity index (χ4v) is 0.935. The number of nitrogens with one attached hydrogen (secondary N) is 1. The number of amides is 1. The Morgan fingerprint density at radius 1 is 1.50 bits per heavy atom. The van der Waals surface area contributed by atoms with E-state index in [0.717, 1.165) is 0 Å². The van der Waals surface area contributed by atoms with Crippen molar-refractivity contribution in [2.75, 3.05) is 16.4 Å². The first-order chi connectivity index (χ1) is 5.74. The molecule has 0 radical (unpaired) electrons. The molecule has 0 fully saturated rings. The van der Waals surface area contributed by atoms with E-state index in [1.54, 1.807) is 12.1 Å². The molecule has 3 N–H and O–H groups in total. The van der Waals surface area contributed by atoms with E-state index in [9.17, 15) is 4.79 Å². The number of nitrogen functional groups attached to an aromatic ring is 1. The fraction of sp³-hybridized carbons (Fsp3) is 0.125. The summed E-state index contributed by atoms with van der Waals surface area (Å²) in [5.74, 6) is -0.104. The number of carbonyl (C=O) groups excluding carboxylic acids is 1. The Hall–Kier alpha value is -1.03. The molecule has 0 atom stereocenters. The monoisotopic (exact) mass is 228 g/mol. The summed E-state index contributed by atoms with van der Waals surface area (Å²) in [7, 11) is 0. The van der Waals surface area contributed by atoms with Crippen LogP contribution in [0.25, 0.3) is 0 Å². The highest BCUT2D eigenvalue weighted by Crippen LogP contribution is 2.16. The average molecular weight is 229 g/mol. The Kier molecular flexibility index (Phi) is 3.10. The molecule has 1 aromatic carbocycles. The molecule has 0 aliphatic rings. The van der Waals surface area contributed by atoms with Gasteiger partial charge in [0.1, 0.15) is 0 Å². The van der Waals surface area contributed by atoms with Gasteiger partial charge >= 0.3 is 0 Å². The maximum Gasteiger partial charge on any atom is 0.235 e. The minimum absolute atomic E-state index is 0.104. The van der Waals surface area contributed by atoms with Crippen LogP contribution in [-0.2, 0) is 4.79 Å². The van der Waals surface area contributed by atoms with Gasteiger partial charge in [-0.1, -0.05) is 28.1 Å². The summed E-state index contributed by atoms with van der Waals surface area (Å²) in [6, 6.07) is 7.14. The second kappa shape index (κ2) is 4.11. The Morgan fingerprint density at radius 3 is 2.75 bits per heavy atom. The van der Waals surface area contributed by atoms with Crippen LogP contribution >= 0.6 is 15.9 Å². The Morgan fingerprint density at radius 2 is 2.17 bits per heavy atom. The molecule has 0 saturated carbocycles. The second-order valence-electron chi connectivity index (χ2n) is 2.27. The molecular formula is C8H9BrN2O. The number of nitrogens with two attached hydrogens (primary N) is 1. The SMILES string of the molecule is Nc1ccccc1NC(=O)CBr. The van der Waals surface area contributed by atoms with E-state index in [4.69, 9.17) is 5.73 Å². The van der Waals surface area contributed by atoms with Gasteiger partial charge < -0.3 is 11.1 Å². The number of para-hydroxylation sites is 2. The zero-order valence-electron chi connectivity index (χ0n) is 6.38. The predicted octanol–water partition coefficient (Wildman–Crippen LogP) is 1.60. The fourth-order valence-electron chi connectivity index (χ4n) is 0.794. The number of benzene rings is 1. The van der Waals surface area contributed by atoms with Crippen molar-refractivity contribution in [1.82, 2.24) is 0 Å². The molecule has 1 amide bonds. The van der Waals surface area contributed by atoms with E-state index in [1.807, 2.05) is 12.1 Å². The first kappa shape index (κ1) is 9.06. The molecule has 12 heavy (non-hydrogen) atoms. The van der Waals surface area contributed by atoms with Crippen molar-refractivity contribution in [3.8, 4) is 0 Å². The van der Waals surface area contributed by atoms with Crippen molar-refractivity contribution in [3.63, 3.8) is 0 Å². The van der Waals surface area contributed by atoms with Crippen molar-refractivity contribution in [1.29, 1.82) is 0 Å². The molecule has 0 heterocycles. The number of halogens is 1. The summed E-state index contributed by atoms with van der Waals surface area (Å²) in [6.07, 6.45) is 0. The predicted molar refractivity (Wildman–Crippen MR) is 53.3 cm³/mol. The third-order valence-electron chi connectivity index (χ3n) is 1.36. The molecule has 0 unspecified atom stereocenters. The van der Waals surface area contributed by atoms with Crippen LogP contribution in [0.3, 0.4) is 0 Å². The number of alkyl halides is 1. The van der Waals surface area contributed by atoms with Crippen molar-refractivity contribution in [2.24, 2.45) is 0 Å². The number of rotatable bonds is 2. The highest BCUT2D eigenvalue weighted by Gasteiger charge is 2.01. The maximum absolute atomic E-state index is 10.9. The van der Waals surface area contributed by atoms with Gasteiger partial charge in [0.2, 0.25) is 5.91 Å². The lowest BCUT2D eigenvalue weighted by atomic mass is 10.3. The van der Waals surface area contributed by atoms with Crippen LogP contribution < -0.4 is 11.1 Å². The topological polar surface area (TPSA) is 55.1 Å². The van der Waals surface area contributed by atoms with Crippen LogP contribution in [0.2, 0.25) is 0 Å². The summed E-state index contributed by atoms with van der Waals surface area (Å²) in [6.45, 7) is 0. The first-order valence-corrected chi connectivity index (χ1v) is 4.56. The quantitative estimate of drug-likeness (QED) is 0.597. The van der Waals surface area contributed by atoms with Gasteiger partial charge in [-0.3, -0.25) is 4.79 Å². The van der Waals surface area contributed by atoms with Gasteiger partial charge in [-0.2, -0.15) is 0 Å². The standard InChI is InChI=1S/C8H9BrN2O/c9-5-8(12)11-7-4-2-1-3-6(7)10/h1-4H,5,10H2,(H,11,12). The van der Waals surface area contributed by atoms with Crippen molar-refractivity contribution < 1.29 is 4.79 Å².